The van der Waals surface area contributed by atoms with E-state index in [4.69, 9.17) is 4.98 Å². The molecule has 1 aliphatic rings. The van der Waals surface area contributed by atoms with Gasteiger partial charge in [-0.05, 0) is 61.7 Å². The summed E-state index contributed by atoms with van der Waals surface area (Å²) in [6.45, 7) is 2.18. The molecular weight excluding hydrogens is 351 g/mol. The van der Waals surface area contributed by atoms with Gasteiger partial charge in [0, 0.05) is 12.3 Å². The predicted molar refractivity (Wildman–Crippen MR) is 105 cm³/mol. The lowest BCUT2D eigenvalue weighted by Crippen LogP contribution is -2.38. The number of para-hydroxylation sites is 1. The van der Waals surface area contributed by atoms with Crippen LogP contribution in [0.2, 0.25) is 0 Å². The van der Waals surface area contributed by atoms with Crippen LogP contribution in [0.5, 0.6) is 0 Å². The molecule has 3 aromatic rings. The minimum absolute atomic E-state index is 0.155. The number of piperidine rings is 1. The van der Waals surface area contributed by atoms with Crippen LogP contribution in [-0.2, 0) is 0 Å². The molecule has 2 heterocycles. The van der Waals surface area contributed by atoms with Gasteiger partial charge in [0.15, 0.2) is 4.34 Å². The Morgan fingerprint density at radius 3 is 2.80 bits per heavy atom. The van der Waals surface area contributed by atoms with Gasteiger partial charge in [0.2, 0.25) is 0 Å². The minimum atomic E-state index is -0.155. The number of hydrogen-bond donors (Lipinski definition) is 0. The highest BCUT2D eigenvalue weighted by molar-refractivity contribution is 8.01. The molecule has 0 amide bonds. The maximum atomic E-state index is 13.3. The van der Waals surface area contributed by atoms with Crippen LogP contribution in [0.15, 0.2) is 52.9 Å². The number of thioether (sulfide) groups is 1. The van der Waals surface area contributed by atoms with Gasteiger partial charge in [0.25, 0.3) is 0 Å². The summed E-state index contributed by atoms with van der Waals surface area (Å²) in [6.07, 6.45) is 1.13. The van der Waals surface area contributed by atoms with Gasteiger partial charge in [-0.2, -0.15) is 0 Å². The number of halogens is 1. The number of hydrogen-bond acceptors (Lipinski definition) is 4. The first-order chi connectivity index (χ1) is 12.2. The van der Waals surface area contributed by atoms with E-state index in [9.17, 15) is 4.39 Å². The second-order valence-corrected chi connectivity index (χ2v) is 9.03. The van der Waals surface area contributed by atoms with Crippen molar-refractivity contribution in [1.29, 1.82) is 0 Å². The first-order valence-electron chi connectivity index (χ1n) is 8.61. The Morgan fingerprint density at radius 2 is 2.00 bits per heavy atom. The zero-order chi connectivity index (χ0) is 17.2. The van der Waals surface area contributed by atoms with Gasteiger partial charge in [-0.1, -0.05) is 36.0 Å². The lowest BCUT2D eigenvalue weighted by Gasteiger charge is -2.37. The summed E-state index contributed by atoms with van der Waals surface area (Å²) in [5.41, 5.74) is 2.36. The largest absolute Gasteiger partial charge is 0.306 e. The molecule has 4 rings (SSSR count). The Labute approximate surface area is 156 Å². The fourth-order valence-corrected chi connectivity index (χ4v) is 5.89. The fraction of sp³-hybridized carbons (Fsp3) is 0.350. The lowest BCUT2D eigenvalue weighted by molar-refractivity contribution is 0.198. The smallest absolute Gasteiger partial charge is 0.151 e. The summed E-state index contributed by atoms with van der Waals surface area (Å²) in [6, 6.07) is 15.4. The van der Waals surface area contributed by atoms with E-state index in [1.807, 2.05) is 30.0 Å². The molecule has 2 aromatic carbocycles. The zero-order valence-electron chi connectivity index (χ0n) is 14.2. The average Bonchev–Trinajstić information content (AvgIpc) is 3.04. The maximum absolute atomic E-state index is 13.3. The van der Waals surface area contributed by atoms with Crippen LogP contribution < -0.4 is 0 Å². The molecule has 0 aliphatic carbocycles. The highest BCUT2D eigenvalue weighted by atomic mass is 32.2. The Bertz CT molecular complexity index is 813. The van der Waals surface area contributed by atoms with Crippen LogP contribution in [0, 0.1) is 11.7 Å². The van der Waals surface area contributed by atoms with Crippen molar-refractivity contribution in [2.24, 2.45) is 5.92 Å². The van der Waals surface area contributed by atoms with Crippen molar-refractivity contribution >= 4 is 33.3 Å². The molecule has 25 heavy (non-hydrogen) atoms. The Hall–Kier alpha value is -1.43. The zero-order valence-corrected chi connectivity index (χ0v) is 15.8. The first kappa shape index (κ1) is 17.0. The molecule has 1 aliphatic heterocycles. The topological polar surface area (TPSA) is 16.1 Å². The first-order valence-corrected chi connectivity index (χ1v) is 10.4. The molecule has 2 atom stereocenters. The molecule has 2 nitrogen and oxygen atoms in total. The van der Waals surface area contributed by atoms with E-state index >= 15 is 0 Å². The lowest BCUT2D eigenvalue weighted by atomic mass is 9.81. The fourth-order valence-electron chi connectivity index (χ4n) is 3.62. The molecular formula is C20H21FN2S2. The van der Waals surface area contributed by atoms with Crippen LogP contribution in [0.25, 0.3) is 10.2 Å². The van der Waals surface area contributed by atoms with Gasteiger partial charge in [-0.3, -0.25) is 0 Å². The molecule has 0 saturated carbocycles. The van der Waals surface area contributed by atoms with Gasteiger partial charge in [-0.25, -0.2) is 9.37 Å². The number of thiazole rings is 1. The SMILES string of the molecule is CN1CCC(c2ccc(F)cc2)C(CSc2nc3ccccc3s2)C1. The molecule has 0 bridgehead atoms. The Morgan fingerprint density at radius 1 is 1.20 bits per heavy atom. The van der Waals surface area contributed by atoms with E-state index in [1.165, 1.54) is 10.3 Å². The minimum Gasteiger partial charge on any atom is -0.306 e. The highest BCUT2D eigenvalue weighted by Crippen LogP contribution is 2.38. The summed E-state index contributed by atoms with van der Waals surface area (Å²) in [5.74, 6) is 1.95. The maximum Gasteiger partial charge on any atom is 0.151 e. The van der Waals surface area contributed by atoms with Gasteiger partial charge in [0.05, 0.1) is 10.2 Å². The second kappa shape index (κ2) is 7.44. The van der Waals surface area contributed by atoms with Gasteiger partial charge >= 0.3 is 0 Å². The van der Waals surface area contributed by atoms with Crippen molar-refractivity contribution < 1.29 is 4.39 Å². The van der Waals surface area contributed by atoms with E-state index in [0.717, 1.165) is 35.1 Å². The van der Waals surface area contributed by atoms with Crippen molar-refractivity contribution in [2.75, 3.05) is 25.9 Å². The summed E-state index contributed by atoms with van der Waals surface area (Å²) in [5, 5.41) is 0. The van der Waals surface area contributed by atoms with E-state index < -0.39 is 0 Å². The molecule has 1 aromatic heterocycles. The van der Waals surface area contributed by atoms with Crippen molar-refractivity contribution in [3.8, 4) is 0 Å². The van der Waals surface area contributed by atoms with Crippen molar-refractivity contribution in [2.45, 2.75) is 16.7 Å². The number of nitrogens with zero attached hydrogens (tertiary/aromatic N) is 2. The second-order valence-electron chi connectivity index (χ2n) is 6.73. The molecule has 5 heteroatoms. The number of aromatic nitrogens is 1. The predicted octanol–water partition coefficient (Wildman–Crippen LogP) is 5.26. The standard InChI is InChI=1S/C20H21FN2S2/c1-23-11-10-17(14-6-8-16(21)9-7-14)15(12-23)13-24-20-22-18-4-2-3-5-19(18)25-20/h2-9,15,17H,10-13H2,1H3. The number of fused-ring (bicyclic) bond motifs is 1. The summed E-state index contributed by atoms with van der Waals surface area (Å²) in [4.78, 5) is 7.15. The summed E-state index contributed by atoms with van der Waals surface area (Å²) >= 11 is 3.64. The van der Waals surface area contributed by atoms with Gasteiger partial charge < -0.3 is 4.90 Å². The third kappa shape index (κ3) is 3.89. The normalized spacial score (nSPS) is 21.7. The van der Waals surface area contributed by atoms with E-state index in [1.54, 1.807) is 23.5 Å². The van der Waals surface area contributed by atoms with Crippen molar-refractivity contribution in [3.63, 3.8) is 0 Å². The number of benzene rings is 2. The van der Waals surface area contributed by atoms with E-state index in [0.29, 0.717) is 11.8 Å². The van der Waals surface area contributed by atoms with Gasteiger partial charge in [0.1, 0.15) is 5.82 Å². The van der Waals surface area contributed by atoms with Crippen LogP contribution in [0.3, 0.4) is 0 Å². The quantitative estimate of drug-likeness (QED) is 0.581. The molecule has 1 fully saturated rings. The van der Waals surface area contributed by atoms with E-state index in [2.05, 4.69) is 30.1 Å². The third-order valence-corrected chi connectivity index (χ3v) is 7.30. The number of likely N-dealkylation sites (tertiary alicyclic amines) is 1. The molecule has 2 unspecified atom stereocenters. The number of rotatable bonds is 4. The molecule has 0 radical (unpaired) electrons. The van der Waals surface area contributed by atoms with Crippen LogP contribution in [0.4, 0.5) is 4.39 Å². The van der Waals surface area contributed by atoms with Crippen molar-refractivity contribution in [1.82, 2.24) is 9.88 Å². The molecule has 0 spiro atoms. The van der Waals surface area contributed by atoms with Gasteiger partial charge in [-0.15, -0.1) is 11.3 Å². The van der Waals surface area contributed by atoms with Crippen LogP contribution >= 0.6 is 23.1 Å². The highest BCUT2D eigenvalue weighted by Gasteiger charge is 2.29. The Balaban J connectivity index is 1.50. The van der Waals surface area contributed by atoms with Crippen LogP contribution in [-0.4, -0.2) is 35.8 Å². The van der Waals surface area contributed by atoms with Crippen molar-refractivity contribution in [3.05, 3.63) is 59.9 Å². The Kier molecular flexibility index (Phi) is 5.06. The summed E-state index contributed by atoms with van der Waals surface area (Å²) in [7, 11) is 2.19. The van der Waals surface area contributed by atoms with Crippen LogP contribution in [0.1, 0.15) is 17.9 Å². The summed E-state index contributed by atoms with van der Waals surface area (Å²) < 4.78 is 15.7. The third-order valence-electron chi connectivity index (χ3n) is 4.93. The molecule has 1 saturated heterocycles. The molecule has 0 N–H and O–H groups in total. The monoisotopic (exact) mass is 372 g/mol. The molecule has 130 valence electrons. The average molecular weight is 373 g/mol. The van der Waals surface area contributed by atoms with E-state index in [-0.39, 0.29) is 5.82 Å².